The topological polar surface area (TPSA) is 70.6 Å². The maximum absolute atomic E-state index is 13.0. The Morgan fingerprint density at radius 3 is 2.29 bits per heavy atom. The second-order valence-corrected chi connectivity index (χ2v) is 9.30. The van der Waals surface area contributed by atoms with Gasteiger partial charge in [0.25, 0.3) is 5.91 Å². The molecule has 0 bridgehead atoms. The molecule has 1 aliphatic carbocycles. The Labute approximate surface area is 201 Å². The predicted molar refractivity (Wildman–Crippen MR) is 136 cm³/mol. The summed E-state index contributed by atoms with van der Waals surface area (Å²) in [6, 6.07) is 16.2. The molecule has 0 spiro atoms. The van der Waals surface area contributed by atoms with Crippen molar-refractivity contribution in [3.63, 3.8) is 0 Å². The van der Waals surface area contributed by atoms with Crippen molar-refractivity contribution in [3.8, 4) is 5.75 Å². The molecular weight excluding hydrogens is 426 g/mol. The van der Waals surface area contributed by atoms with Gasteiger partial charge in [-0.25, -0.2) is 0 Å². The van der Waals surface area contributed by atoms with Gasteiger partial charge in [-0.2, -0.15) is 0 Å². The average Bonchev–Trinajstić information content (AvgIpc) is 2.92. The number of fused-ring (bicyclic) bond motifs is 1. The number of anilines is 2. The number of amides is 1. The van der Waals surface area contributed by atoms with Crippen molar-refractivity contribution in [2.24, 2.45) is 5.92 Å². The first-order valence-corrected chi connectivity index (χ1v) is 12.4. The fourth-order valence-electron chi connectivity index (χ4n) is 5.17. The number of hydrogen-bond donors (Lipinski definition) is 1. The quantitative estimate of drug-likeness (QED) is 0.594. The Morgan fingerprint density at radius 1 is 0.912 bits per heavy atom. The van der Waals surface area contributed by atoms with Gasteiger partial charge in [-0.15, -0.1) is 10.2 Å². The minimum Gasteiger partial charge on any atom is -0.497 e. The summed E-state index contributed by atoms with van der Waals surface area (Å²) in [4.78, 5) is 17.6. The molecule has 2 aliphatic rings. The molecule has 2 aromatic carbocycles. The van der Waals surface area contributed by atoms with Crippen molar-refractivity contribution in [3.05, 3.63) is 54.2 Å². The third kappa shape index (κ3) is 4.79. The van der Waals surface area contributed by atoms with Crippen molar-refractivity contribution in [1.29, 1.82) is 0 Å². The van der Waals surface area contributed by atoms with Crippen LogP contribution < -0.4 is 19.9 Å². The van der Waals surface area contributed by atoms with Gasteiger partial charge in [0.15, 0.2) is 11.5 Å². The zero-order valence-corrected chi connectivity index (χ0v) is 19.9. The highest BCUT2D eigenvalue weighted by Gasteiger charge is 2.23. The Morgan fingerprint density at radius 2 is 1.59 bits per heavy atom. The Kier molecular flexibility index (Phi) is 6.79. The summed E-state index contributed by atoms with van der Waals surface area (Å²) < 4.78 is 5.27. The van der Waals surface area contributed by atoms with Gasteiger partial charge in [-0.1, -0.05) is 43.5 Å². The van der Waals surface area contributed by atoms with Gasteiger partial charge in [-0.05, 0) is 43.0 Å². The molecule has 7 nitrogen and oxygen atoms in total. The van der Waals surface area contributed by atoms with Gasteiger partial charge in [0.2, 0.25) is 0 Å². The van der Waals surface area contributed by atoms with E-state index in [-0.39, 0.29) is 5.91 Å². The highest BCUT2D eigenvalue weighted by Crippen LogP contribution is 2.28. The SMILES string of the molecule is COc1ccc(N2CCN(c3nnc(C(=O)NCC4CCCCC4)c4ccccc34)CC2)cc1. The van der Waals surface area contributed by atoms with Crippen LogP contribution in [0.25, 0.3) is 10.8 Å². The van der Waals surface area contributed by atoms with E-state index in [1.165, 1.54) is 37.8 Å². The highest BCUT2D eigenvalue weighted by atomic mass is 16.5. The van der Waals surface area contributed by atoms with Crippen LogP contribution in [0.4, 0.5) is 11.5 Å². The molecule has 5 rings (SSSR count). The van der Waals surface area contributed by atoms with E-state index >= 15 is 0 Å². The average molecular weight is 460 g/mol. The van der Waals surface area contributed by atoms with E-state index in [9.17, 15) is 4.79 Å². The smallest absolute Gasteiger partial charge is 0.272 e. The monoisotopic (exact) mass is 459 g/mol. The lowest BCUT2D eigenvalue weighted by Gasteiger charge is -2.37. The molecule has 1 aromatic heterocycles. The van der Waals surface area contributed by atoms with Crippen molar-refractivity contribution >= 4 is 28.2 Å². The van der Waals surface area contributed by atoms with Crippen LogP contribution in [0, 0.1) is 5.92 Å². The van der Waals surface area contributed by atoms with Crippen molar-refractivity contribution < 1.29 is 9.53 Å². The van der Waals surface area contributed by atoms with Crippen LogP contribution in [0.1, 0.15) is 42.6 Å². The van der Waals surface area contributed by atoms with Crippen LogP contribution in [0.15, 0.2) is 48.5 Å². The summed E-state index contributed by atoms with van der Waals surface area (Å²) in [6.07, 6.45) is 6.26. The molecule has 34 heavy (non-hydrogen) atoms. The number of nitrogens with zero attached hydrogens (tertiary/aromatic N) is 4. The highest BCUT2D eigenvalue weighted by molar-refractivity contribution is 6.07. The minimum atomic E-state index is -0.120. The van der Waals surface area contributed by atoms with Gasteiger partial charge < -0.3 is 19.9 Å². The molecule has 3 aromatic rings. The van der Waals surface area contributed by atoms with E-state index < -0.39 is 0 Å². The first-order chi connectivity index (χ1) is 16.7. The third-order valence-corrected chi connectivity index (χ3v) is 7.18. The normalized spacial score (nSPS) is 17.1. The Bertz CT molecular complexity index is 1120. The standard InChI is InChI=1S/C27H33N5O2/c1-34-22-13-11-21(12-14-22)31-15-17-32(18-16-31)26-24-10-6-5-9-23(24)25(29-30-26)27(33)28-19-20-7-3-2-4-8-20/h5-6,9-14,20H,2-4,7-8,15-19H2,1H3,(H,28,33). The first-order valence-electron chi connectivity index (χ1n) is 12.4. The largest absolute Gasteiger partial charge is 0.497 e. The number of piperazine rings is 1. The van der Waals surface area contributed by atoms with Crippen molar-refractivity contribution in [2.75, 3.05) is 49.6 Å². The van der Waals surface area contributed by atoms with Crippen LogP contribution in [-0.2, 0) is 0 Å². The molecule has 0 atom stereocenters. The first kappa shape index (κ1) is 22.4. The minimum absolute atomic E-state index is 0.120. The molecular formula is C27H33N5O2. The number of ether oxygens (including phenoxy) is 1. The summed E-state index contributed by atoms with van der Waals surface area (Å²) in [6.45, 7) is 4.21. The van der Waals surface area contributed by atoms with E-state index in [4.69, 9.17) is 4.74 Å². The number of hydrogen-bond acceptors (Lipinski definition) is 6. The van der Waals surface area contributed by atoms with E-state index in [1.54, 1.807) is 7.11 Å². The number of methoxy groups -OCH3 is 1. The number of nitrogens with one attached hydrogen (secondary N) is 1. The molecule has 0 unspecified atom stereocenters. The van der Waals surface area contributed by atoms with Gasteiger partial charge in [0.1, 0.15) is 5.75 Å². The predicted octanol–water partition coefficient (Wildman–Crippen LogP) is 4.28. The number of carbonyl (C=O) groups is 1. The molecule has 1 saturated carbocycles. The summed E-state index contributed by atoms with van der Waals surface area (Å²) in [5.74, 6) is 2.18. The van der Waals surface area contributed by atoms with Crippen LogP contribution >= 0.6 is 0 Å². The van der Waals surface area contributed by atoms with Crippen LogP contribution in [-0.4, -0.2) is 55.9 Å². The number of benzene rings is 2. The van der Waals surface area contributed by atoms with Gasteiger partial charge in [-0.3, -0.25) is 4.79 Å². The fraction of sp³-hybridized carbons (Fsp3) is 0.444. The number of aromatic nitrogens is 2. The van der Waals surface area contributed by atoms with Gasteiger partial charge >= 0.3 is 0 Å². The lowest BCUT2D eigenvalue weighted by molar-refractivity contribution is 0.0939. The van der Waals surface area contributed by atoms with Gasteiger partial charge in [0, 0.05) is 49.2 Å². The molecule has 0 radical (unpaired) electrons. The van der Waals surface area contributed by atoms with Crippen molar-refractivity contribution in [1.82, 2.24) is 15.5 Å². The third-order valence-electron chi connectivity index (χ3n) is 7.18. The fourth-order valence-corrected chi connectivity index (χ4v) is 5.17. The molecule has 7 heteroatoms. The van der Waals surface area contributed by atoms with E-state index in [0.717, 1.165) is 55.1 Å². The summed E-state index contributed by atoms with van der Waals surface area (Å²) in [5, 5.41) is 13.9. The van der Waals surface area contributed by atoms with Gasteiger partial charge in [0.05, 0.1) is 7.11 Å². The Balaban J connectivity index is 1.29. The second-order valence-electron chi connectivity index (χ2n) is 9.30. The maximum atomic E-state index is 13.0. The van der Waals surface area contributed by atoms with Crippen molar-refractivity contribution in [2.45, 2.75) is 32.1 Å². The zero-order chi connectivity index (χ0) is 23.3. The summed E-state index contributed by atoms with van der Waals surface area (Å²) in [7, 11) is 1.69. The van der Waals surface area contributed by atoms with E-state index in [2.05, 4.69) is 37.4 Å². The second kappa shape index (κ2) is 10.3. The van der Waals surface area contributed by atoms with Crippen LogP contribution in [0.3, 0.4) is 0 Å². The molecule has 2 heterocycles. The zero-order valence-electron chi connectivity index (χ0n) is 19.9. The summed E-state index contributed by atoms with van der Waals surface area (Å²) >= 11 is 0. The molecule has 1 aliphatic heterocycles. The molecule has 2 fully saturated rings. The van der Waals surface area contributed by atoms with Crippen LogP contribution in [0.2, 0.25) is 0 Å². The number of rotatable bonds is 6. The van der Waals surface area contributed by atoms with Crippen LogP contribution in [0.5, 0.6) is 5.75 Å². The lowest BCUT2D eigenvalue weighted by Crippen LogP contribution is -2.47. The van der Waals surface area contributed by atoms with E-state index in [0.29, 0.717) is 11.6 Å². The molecule has 1 saturated heterocycles. The summed E-state index contributed by atoms with van der Waals surface area (Å²) in [5.41, 5.74) is 1.62. The Hall–Kier alpha value is -3.35. The number of carbonyl (C=O) groups excluding carboxylic acids is 1. The lowest BCUT2D eigenvalue weighted by atomic mass is 9.89. The maximum Gasteiger partial charge on any atom is 0.272 e. The molecule has 178 valence electrons. The molecule has 1 amide bonds. The van der Waals surface area contributed by atoms with E-state index in [1.807, 2.05) is 36.4 Å². The molecule has 1 N–H and O–H groups in total.